The lowest BCUT2D eigenvalue weighted by atomic mass is 10.1. The Labute approximate surface area is 124 Å². The van der Waals surface area contributed by atoms with E-state index < -0.39 is 29.6 Å². The number of hydrogen-bond donors (Lipinski definition) is 3. The summed E-state index contributed by atoms with van der Waals surface area (Å²) in [5, 5.41) is 14.2. The van der Waals surface area contributed by atoms with Crippen LogP contribution in [0.2, 0.25) is 0 Å². The van der Waals surface area contributed by atoms with Crippen molar-refractivity contribution >= 4 is 11.7 Å². The molecule has 2 amide bonds. The van der Waals surface area contributed by atoms with Crippen LogP contribution in [0, 0.1) is 17.5 Å². The summed E-state index contributed by atoms with van der Waals surface area (Å²) in [4.78, 5) is 11.6. The second-order valence-electron chi connectivity index (χ2n) is 4.50. The Balaban J connectivity index is 1.91. The quantitative estimate of drug-likeness (QED) is 0.813. The van der Waals surface area contributed by atoms with E-state index in [0.29, 0.717) is 6.07 Å². The van der Waals surface area contributed by atoms with Crippen LogP contribution in [0.4, 0.5) is 23.7 Å². The van der Waals surface area contributed by atoms with Crippen LogP contribution < -0.4 is 10.6 Å². The number of nitrogens with one attached hydrogen (secondary N) is 2. The van der Waals surface area contributed by atoms with E-state index in [4.69, 9.17) is 0 Å². The van der Waals surface area contributed by atoms with Crippen LogP contribution >= 0.6 is 0 Å². The van der Waals surface area contributed by atoms with Gasteiger partial charge in [0.1, 0.15) is 17.5 Å². The Morgan fingerprint density at radius 3 is 2.50 bits per heavy atom. The number of aliphatic hydroxyl groups excluding tert-OH is 1. The minimum Gasteiger partial charge on any atom is -0.386 e. The van der Waals surface area contributed by atoms with Gasteiger partial charge < -0.3 is 15.7 Å². The number of aliphatic hydroxyl groups is 1. The molecule has 0 bridgehead atoms. The maximum atomic E-state index is 13.4. The number of carbonyl (C=O) groups excluding carboxylic acids is 1. The Hall–Kier alpha value is -2.54. The maximum Gasteiger partial charge on any atom is 0.319 e. The Bertz CT molecular complexity index is 680. The van der Waals surface area contributed by atoms with Crippen molar-refractivity contribution in [2.24, 2.45) is 0 Å². The summed E-state index contributed by atoms with van der Waals surface area (Å²) in [7, 11) is 0. The lowest BCUT2D eigenvalue weighted by Gasteiger charge is -2.13. The van der Waals surface area contributed by atoms with Gasteiger partial charge in [0.05, 0.1) is 11.8 Å². The van der Waals surface area contributed by atoms with Crippen molar-refractivity contribution in [3.8, 4) is 0 Å². The smallest absolute Gasteiger partial charge is 0.319 e. The predicted octanol–water partition coefficient (Wildman–Crippen LogP) is 2.96. The zero-order valence-electron chi connectivity index (χ0n) is 11.3. The highest BCUT2D eigenvalue weighted by Crippen LogP contribution is 2.16. The summed E-state index contributed by atoms with van der Waals surface area (Å²) in [5.41, 5.74) is -0.171. The first-order valence-electron chi connectivity index (χ1n) is 6.40. The molecule has 0 aliphatic heterocycles. The fourth-order valence-electron chi connectivity index (χ4n) is 1.80. The number of amides is 2. The molecule has 0 heterocycles. The van der Waals surface area contributed by atoms with Crippen LogP contribution in [0.5, 0.6) is 0 Å². The van der Waals surface area contributed by atoms with Crippen molar-refractivity contribution < 1.29 is 23.1 Å². The van der Waals surface area contributed by atoms with E-state index in [9.17, 15) is 23.1 Å². The molecule has 116 valence electrons. The summed E-state index contributed by atoms with van der Waals surface area (Å²) < 4.78 is 39.5. The SMILES string of the molecule is O=C(NCC(O)c1ccccc1F)Nc1ccc(F)cc1F. The van der Waals surface area contributed by atoms with Crippen molar-refractivity contribution in [1.29, 1.82) is 0 Å². The molecule has 0 saturated heterocycles. The van der Waals surface area contributed by atoms with E-state index in [1.54, 1.807) is 6.07 Å². The van der Waals surface area contributed by atoms with Crippen LogP contribution in [0.25, 0.3) is 0 Å². The highest BCUT2D eigenvalue weighted by molar-refractivity contribution is 5.89. The van der Waals surface area contributed by atoms with Gasteiger partial charge in [-0.15, -0.1) is 0 Å². The Morgan fingerprint density at radius 1 is 1.09 bits per heavy atom. The number of rotatable bonds is 4. The van der Waals surface area contributed by atoms with E-state index in [2.05, 4.69) is 10.6 Å². The average Bonchev–Trinajstić information content (AvgIpc) is 2.48. The molecule has 3 N–H and O–H groups in total. The zero-order chi connectivity index (χ0) is 16.1. The lowest BCUT2D eigenvalue weighted by molar-refractivity contribution is 0.170. The fourth-order valence-corrected chi connectivity index (χ4v) is 1.80. The van der Waals surface area contributed by atoms with Crippen molar-refractivity contribution in [2.45, 2.75) is 6.10 Å². The molecule has 0 aliphatic rings. The third kappa shape index (κ3) is 3.98. The molecule has 0 saturated carbocycles. The topological polar surface area (TPSA) is 61.4 Å². The van der Waals surface area contributed by atoms with Crippen molar-refractivity contribution in [3.05, 3.63) is 65.5 Å². The predicted molar refractivity (Wildman–Crippen MR) is 74.7 cm³/mol. The van der Waals surface area contributed by atoms with Crippen LogP contribution in [-0.4, -0.2) is 17.7 Å². The lowest BCUT2D eigenvalue weighted by Crippen LogP contribution is -2.32. The number of anilines is 1. The first-order valence-corrected chi connectivity index (χ1v) is 6.40. The average molecular weight is 310 g/mol. The van der Waals surface area contributed by atoms with Crippen molar-refractivity contribution in [3.63, 3.8) is 0 Å². The number of hydrogen-bond acceptors (Lipinski definition) is 2. The Morgan fingerprint density at radius 2 is 1.82 bits per heavy atom. The molecule has 1 atom stereocenters. The van der Waals surface area contributed by atoms with Gasteiger partial charge in [0.25, 0.3) is 0 Å². The van der Waals surface area contributed by atoms with E-state index in [1.165, 1.54) is 18.2 Å². The number of halogens is 3. The van der Waals surface area contributed by atoms with Gasteiger partial charge in [-0.2, -0.15) is 0 Å². The van der Waals surface area contributed by atoms with Crippen molar-refractivity contribution in [1.82, 2.24) is 5.32 Å². The van der Waals surface area contributed by atoms with Crippen LogP contribution in [0.1, 0.15) is 11.7 Å². The normalized spacial score (nSPS) is 11.8. The molecule has 2 rings (SSSR count). The Kier molecular flexibility index (Phi) is 5.00. The monoisotopic (exact) mass is 310 g/mol. The first kappa shape index (κ1) is 15.8. The number of urea groups is 1. The molecule has 0 aliphatic carbocycles. The molecule has 0 aromatic heterocycles. The highest BCUT2D eigenvalue weighted by atomic mass is 19.1. The molecule has 0 radical (unpaired) electrons. The second kappa shape index (κ2) is 6.95. The molecular weight excluding hydrogens is 297 g/mol. The van der Waals surface area contributed by atoms with Gasteiger partial charge in [-0.05, 0) is 18.2 Å². The molecule has 4 nitrogen and oxygen atoms in total. The van der Waals surface area contributed by atoms with E-state index >= 15 is 0 Å². The molecule has 0 fully saturated rings. The van der Waals surface area contributed by atoms with Gasteiger partial charge in [0.2, 0.25) is 0 Å². The molecule has 2 aromatic carbocycles. The molecule has 7 heteroatoms. The van der Waals surface area contributed by atoms with Crippen molar-refractivity contribution in [2.75, 3.05) is 11.9 Å². The van der Waals surface area contributed by atoms with Crippen LogP contribution in [0.3, 0.4) is 0 Å². The molecule has 0 spiro atoms. The van der Waals surface area contributed by atoms with Crippen LogP contribution in [0.15, 0.2) is 42.5 Å². The molecule has 22 heavy (non-hydrogen) atoms. The van der Waals surface area contributed by atoms with Crippen LogP contribution in [-0.2, 0) is 0 Å². The summed E-state index contributed by atoms with van der Waals surface area (Å²) in [6.07, 6.45) is -1.25. The number of carbonyl (C=O) groups is 1. The van der Waals surface area contributed by atoms with Gasteiger partial charge in [-0.3, -0.25) is 0 Å². The summed E-state index contributed by atoms with van der Waals surface area (Å²) in [6, 6.07) is 7.49. The number of benzene rings is 2. The van der Waals surface area contributed by atoms with E-state index in [1.807, 2.05) is 0 Å². The maximum absolute atomic E-state index is 13.4. The largest absolute Gasteiger partial charge is 0.386 e. The second-order valence-corrected chi connectivity index (χ2v) is 4.50. The first-order chi connectivity index (χ1) is 10.5. The molecule has 1 unspecified atom stereocenters. The third-order valence-electron chi connectivity index (χ3n) is 2.90. The zero-order valence-corrected chi connectivity index (χ0v) is 11.3. The van der Waals surface area contributed by atoms with Gasteiger partial charge in [-0.25, -0.2) is 18.0 Å². The third-order valence-corrected chi connectivity index (χ3v) is 2.90. The van der Waals surface area contributed by atoms with E-state index in [0.717, 1.165) is 12.1 Å². The minimum absolute atomic E-state index is 0.0377. The minimum atomic E-state index is -1.25. The van der Waals surface area contributed by atoms with E-state index in [-0.39, 0.29) is 17.8 Å². The summed E-state index contributed by atoms with van der Waals surface area (Å²) in [5.74, 6) is -2.29. The standard InChI is InChI=1S/C15H13F3N2O2/c16-9-5-6-13(12(18)7-9)20-15(22)19-8-14(21)10-3-1-2-4-11(10)17/h1-7,14,21H,8H2,(H2,19,20,22). The molecule has 2 aromatic rings. The van der Waals surface area contributed by atoms with Gasteiger partial charge in [0.15, 0.2) is 0 Å². The summed E-state index contributed by atoms with van der Waals surface area (Å²) >= 11 is 0. The molecular formula is C15H13F3N2O2. The fraction of sp³-hybridized carbons (Fsp3) is 0.133. The summed E-state index contributed by atoms with van der Waals surface area (Å²) in [6.45, 7) is -0.268. The highest BCUT2D eigenvalue weighted by Gasteiger charge is 2.14. The van der Waals surface area contributed by atoms with Gasteiger partial charge in [0, 0.05) is 18.2 Å². The van der Waals surface area contributed by atoms with Gasteiger partial charge in [-0.1, -0.05) is 18.2 Å². The van der Waals surface area contributed by atoms with Gasteiger partial charge >= 0.3 is 6.03 Å².